The predicted octanol–water partition coefficient (Wildman–Crippen LogP) is 4.44. The van der Waals surface area contributed by atoms with Crippen LogP contribution in [0.5, 0.6) is 11.5 Å². The topological polar surface area (TPSA) is 96.7 Å². The number of rotatable bonds is 6. The summed E-state index contributed by atoms with van der Waals surface area (Å²) in [4.78, 5) is 18.0. The van der Waals surface area contributed by atoms with Crippen molar-refractivity contribution in [2.24, 2.45) is 0 Å². The summed E-state index contributed by atoms with van der Waals surface area (Å²) >= 11 is 1.00. The molecule has 2 rings (SSSR count). The van der Waals surface area contributed by atoms with Gasteiger partial charge < -0.3 is 13.3 Å². The van der Waals surface area contributed by atoms with Gasteiger partial charge in [-0.2, -0.15) is 0 Å². The van der Waals surface area contributed by atoms with Crippen molar-refractivity contribution < 1.29 is 22.6 Å². The molecular formula is C13H12NO5PS2. The van der Waals surface area contributed by atoms with Gasteiger partial charge in [0.05, 0.1) is 0 Å². The van der Waals surface area contributed by atoms with Crippen LogP contribution in [0.15, 0.2) is 60.7 Å². The van der Waals surface area contributed by atoms with Crippen LogP contribution in [0, 0.1) is 5.41 Å². The Bertz CT molecular complexity index is 588. The molecule has 0 aliphatic rings. The number of benzene rings is 2. The van der Waals surface area contributed by atoms with E-state index in [1.165, 1.54) is 0 Å². The summed E-state index contributed by atoms with van der Waals surface area (Å²) in [6.45, 7) is 0. The van der Waals surface area contributed by atoms with E-state index in [0.29, 0.717) is 34.8 Å². The van der Waals surface area contributed by atoms with Crippen molar-refractivity contribution in [2.75, 3.05) is 0 Å². The molecule has 116 valence electrons. The second kappa shape index (κ2) is 10.1. The number of isocyanates is 1. The van der Waals surface area contributed by atoms with E-state index in [1.54, 1.807) is 48.5 Å². The summed E-state index contributed by atoms with van der Waals surface area (Å²) < 4.78 is 22.1. The first-order valence-corrected chi connectivity index (χ1v) is 10.1. The zero-order valence-electron chi connectivity index (χ0n) is 11.1. The zero-order valence-corrected chi connectivity index (χ0v) is 13.6. The van der Waals surface area contributed by atoms with Crippen molar-refractivity contribution in [3.63, 3.8) is 0 Å². The third kappa shape index (κ3) is 7.93. The van der Waals surface area contributed by atoms with Gasteiger partial charge in [-0.1, -0.05) is 36.4 Å². The van der Waals surface area contributed by atoms with Crippen LogP contribution in [0.4, 0.5) is 0 Å². The molecule has 0 saturated heterocycles. The van der Waals surface area contributed by atoms with Gasteiger partial charge in [0.25, 0.3) is 0 Å². The van der Waals surface area contributed by atoms with E-state index in [0.717, 1.165) is 6.08 Å². The molecule has 0 radical (unpaired) electrons. The number of hydrogen-bond acceptors (Lipinski definition) is 7. The van der Waals surface area contributed by atoms with E-state index < -0.39 is 5.77 Å². The molecule has 0 amide bonds. The Labute approximate surface area is 135 Å². The zero-order chi connectivity index (χ0) is 16.3. The Morgan fingerprint density at radius 1 is 0.909 bits per heavy atom. The van der Waals surface area contributed by atoms with E-state index >= 15 is 0 Å². The van der Waals surface area contributed by atoms with Crippen LogP contribution in [0.25, 0.3) is 0 Å². The Morgan fingerprint density at radius 2 is 1.23 bits per heavy atom. The summed E-state index contributed by atoms with van der Waals surface area (Å²) in [5, 5.41) is 5.40. The number of para-hydroxylation sites is 2. The van der Waals surface area contributed by atoms with Crippen molar-refractivity contribution >= 4 is 35.2 Å². The van der Waals surface area contributed by atoms with Gasteiger partial charge in [-0.15, -0.1) is 0 Å². The van der Waals surface area contributed by atoms with Crippen LogP contribution in [-0.2, 0) is 9.36 Å². The Hall–Kier alpha value is -1.69. The molecule has 0 heterocycles. The van der Waals surface area contributed by atoms with Crippen molar-refractivity contribution in [1.29, 1.82) is 5.41 Å². The van der Waals surface area contributed by atoms with Crippen LogP contribution in [0.3, 0.4) is 0 Å². The van der Waals surface area contributed by atoms with Gasteiger partial charge in [0.1, 0.15) is 11.5 Å². The largest absolute Gasteiger partial charge is 0.415 e. The normalized spacial score (nSPS) is 9.86. The average Bonchev–Trinajstić information content (AvgIpc) is 2.54. The third-order valence-corrected chi connectivity index (χ3v) is 5.53. The van der Waals surface area contributed by atoms with Crippen LogP contribution in [0.2, 0.25) is 0 Å². The first-order chi connectivity index (χ1) is 10.6. The molecule has 6 nitrogen and oxygen atoms in total. The molecule has 2 aromatic rings. The minimum Gasteiger partial charge on any atom is -0.415 e. The molecule has 0 atom stereocenters. The lowest BCUT2D eigenvalue weighted by atomic mass is 10.3. The molecule has 0 spiro atoms. The van der Waals surface area contributed by atoms with E-state index in [-0.39, 0.29) is 0 Å². The summed E-state index contributed by atoms with van der Waals surface area (Å²) in [6, 6.07) is 17.6. The van der Waals surface area contributed by atoms with Crippen molar-refractivity contribution in [3.05, 3.63) is 60.7 Å². The molecule has 0 bridgehead atoms. The lowest BCUT2D eigenvalue weighted by Crippen LogP contribution is -1.83. The first kappa shape index (κ1) is 18.4. The highest BCUT2D eigenvalue weighted by Crippen LogP contribution is 2.65. The number of carbonyl (C=O) groups excluding carboxylic acids is 1. The standard InChI is InChI=1S/C12H11O4PS2.CHNO/c13-17(14,18-15-11-7-3-1-4-8-11)19-16-12-9-5-2-6-10-12;2-1-3/h1-10H,(H,13,14);2H. The van der Waals surface area contributed by atoms with Crippen molar-refractivity contribution in [2.45, 2.75) is 0 Å². The van der Waals surface area contributed by atoms with Gasteiger partial charge in [-0.3, -0.25) is 4.57 Å². The molecular weight excluding hydrogens is 345 g/mol. The summed E-state index contributed by atoms with van der Waals surface area (Å²) in [5.74, 6) is -2.60. The van der Waals surface area contributed by atoms with E-state index in [2.05, 4.69) is 0 Å². The Kier molecular flexibility index (Phi) is 8.43. The molecule has 0 aliphatic carbocycles. The summed E-state index contributed by atoms with van der Waals surface area (Å²) in [5.41, 5.74) is 0. The summed E-state index contributed by atoms with van der Waals surface area (Å²) in [6.07, 6.45) is 0.750. The maximum atomic E-state index is 11.8. The molecule has 2 aromatic carbocycles. The van der Waals surface area contributed by atoms with Crippen LogP contribution in [-0.4, -0.2) is 11.0 Å². The minimum atomic E-state index is -3.63. The highest BCUT2D eigenvalue weighted by atomic mass is 33.1. The van der Waals surface area contributed by atoms with Crippen molar-refractivity contribution in [1.82, 2.24) is 0 Å². The minimum absolute atomic E-state index is 0.500. The fourth-order valence-corrected chi connectivity index (χ4v) is 3.68. The monoisotopic (exact) mass is 357 g/mol. The van der Waals surface area contributed by atoms with Gasteiger partial charge in [0.2, 0.25) is 6.08 Å². The number of hydrogen-bond donors (Lipinski definition) is 2. The smallest absolute Gasteiger partial charge is 0.386 e. The quantitative estimate of drug-likeness (QED) is 0.341. The highest BCUT2D eigenvalue weighted by Gasteiger charge is 2.25. The van der Waals surface area contributed by atoms with Gasteiger partial charge in [0, 0.05) is 0 Å². The fourth-order valence-electron chi connectivity index (χ4n) is 1.14. The fraction of sp³-hybridized carbons (Fsp3) is 0. The second-order valence-electron chi connectivity index (χ2n) is 3.51. The average molecular weight is 357 g/mol. The second-order valence-corrected chi connectivity index (χ2v) is 9.64. The van der Waals surface area contributed by atoms with Gasteiger partial charge in [0.15, 0.2) is 23.3 Å². The molecule has 0 fully saturated rings. The summed E-state index contributed by atoms with van der Waals surface area (Å²) in [7, 11) is 0. The molecule has 0 unspecified atom stereocenters. The maximum absolute atomic E-state index is 11.8. The van der Waals surface area contributed by atoms with Crippen LogP contribution >= 0.6 is 29.1 Å². The first-order valence-electron chi connectivity index (χ1n) is 5.76. The lowest BCUT2D eigenvalue weighted by molar-refractivity contribution is 0.506. The third-order valence-electron chi connectivity index (χ3n) is 1.94. The lowest BCUT2D eigenvalue weighted by Gasteiger charge is -2.09. The van der Waals surface area contributed by atoms with Crippen molar-refractivity contribution in [3.8, 4) is 11.5 Å². The molecule has 2 N–H and O–H groups in total. The maximum Gasteiger partial charge on any atom is 0.386 e. The molecule has 0 saturated carbocycles. The predicted molar refractivity (Wildman–Crippen MR) is 87.6 cm³/mol. The van der Waals surface area contributed by atoms with Crippen LogP contribution in [0.1, 0.15) is 0 Å². The molecule has 0 aromatic heterocycles. The van der Waals surface area contributed by atoms with E-state index in [1.807, 2.05) is 12.1 Å². The SMILES string of the molecule is N=C=O.O=P(O)(SOc1ccccc1)SOc1ccccc1. The van der Waals surface area contributed by atoms with Gasteiger partial charge in [-0.25, -0.2) is 10.2 Å². The molecule has 9 heteroatoms. The Balaban J connectivity index is 0.000000745. The Morgan fingerprint density at radius 3 is 1.55 bits per heavy atom. The van der Waals surface area contributed by atoms with E-state index in [9.17, 15) is 9.46 Å². The molecule has 0 aliphatic heterocycles. The van der Waals surface area contributed by atoms with E-state index in [4.69, 9.17) is 18.6 Å². The number of nitrogens with one attached hydrogen (secondary N) is 1. The van der Waals surface area contributed by atoms with Crippen LogP contribution < -0.4 is 8.37 Å². The molecule has 22 heavy (non-hydrogen) atoms. The van der Waals surface area contributed by atoms with Gasteiger partial charge in [-0.05, 0) is 24.3 Å². The van der Waals surface area contributed by atoms with Gasteiger partial charge >= 0.3 is 5.77 Å². The highest BCUT2D eigenvalue weighted by molar-refractivity contribution is 8.86.